The van der Waals surface area contributed by atoms with Crippen LogP contribution in [0.15, 0.2) is 22.9 Å². The van der Waals surface area contributed by atoms with E-state index in [9.17, 15) is 4.79 Å². The Morgan fingerprint density at radius 3 is 2.86 bits per heavy atom. The summed E-state index contributed by atoms with van der Waals surface area (Å²) in [4.78, 5) is 20.6. The van der Waals surface area contributed by atoms with E-state index >= 15 is 0 Å². The van der Waals surface area contributed by atoms with E-state index in [1.54, 1.807) is 12.4 Å². The molecule has 114 valence electrons. The van der Waals surface area contributed by atoms with Gasteiger partial charge in [0.25, 0.3) is 5.91 Å². The minimum absolute atomic E-state index is 0.0631. The molecule has 2 saturated heterocycles. The van der Waals surface area contributed by atoms with Gasteiger partial charge in [0.15, 0.2) is 6.10 Å². The molecular weight excluding hydrogens is 338 g/mol. The minimum atomic E-state index is -0.406. The van der Waals surface area contributed by atoms with Gasteiger partial charge in [-0.15, -0.1) is 0 Å². The van der Waals surface area contributed by atoms with E-state index < -0.39 is 6.10 Å². The third-order valence-electron chi connectivity index (χ3n) is 3.76. The van der Waals surface area contributed by atoms with Crippen LogP contribution in [0.1, 0.15) is 0 Å². The van der Waals surface area contributed by atoms with Gasteiger partial charge in [-0.2, -0.15) is 0 Å². The van der Waals surface area contributed by atoms with Gasteiger partial charge >= 0.3 is 0 Å². The van der Waals surface area contributed by atoms with Crippen LogP contribution in [0.3, 0.4) is 0 Å². The smallest absolute Gasteiger partial charge is 0.253 e. The molecule has 3 heterocycles. The van der Waals surface area contributed by atoms with Crippen molar-refractivity contribution in [2.24, 2.45) is 0 Å². The summed E-state index contributed by atoms with van der Waals surface area (Å²) in [7, 11) is 0. The third kappa shape index (κ3) is 3.36. The lowest BCUT2D eigenvalue weighted by Crippen LogP contribution is -2.53. The SMILES string of the molecule is O=C(C1CN(c2ccncc2Br)CCO1)N1CCOCC1. The van der Waals surface area contributed by atoms with E-state index in [0.717, 1.165) is 16.7 Å². The second kappa shape index (κ2) is 6.72. The van der Waals surface area contributed by atoms with Crippen LogP contribution in [-0.2, 0) is 14.3 Å². The van der Waals surface area contributed by atoms with Crippen molar-refractivity contribution in [3.63, 3.8) is 0 Å². The largest absolute Gasteiger partial charge is 0.378 e. The number of ether oxygens (including phenoxy) is 2. The fourth-order valence-electron chi connectivity index (χ4n) is 2.63. The summed E-state index contributed by atoms with van der Waals surface area (Å²) in [6.07, 6.45) is 3.12. The number of pyridine rings is 1. The molecular formula is C14H18BrN3O3. The van der Waals surface area contributed by atoms with E-state index in [2.05, 4.69) is 25.8 Å². The number of amides is 1. The lowest BCUT2D eigenvalue weighted by molar-refractivity contribution is -0.148. The monoisotopic (exact) mass is 355 g/mol. The van der Waals surface area contributed by atoms with E-state index in [4.69, 9.17) is 9.47 Å². The normalized spacial score (nSPS) is 23.2. The predicted octanol–water partition coefficient (Wildman–Crippen LogP) is 0.908. The van der Waals surface area contributed by atoms with E-state index in [1.165, 1.54) is 0 Å². The quantitative estimate of drug-likeness (QED) is 0.789. The van der Waals surface area contributed by atoms with Gasteiger partial charge < -0.3 is 19.3 Å². The average Bonchev–Trinajstić information content (AvgIpc) is 2.55. The predicted molar refractivity (Wildman–Crippen MR) is 81.3 cm³/mol. The molecule has 2 aliphatic heterocycles. The highest BCUT2D eigenvalue weighted by atomic mass is 79.9. The maximum Gasteiger partial charge on any atom is 0.253 e. The van der Waals surface area contributed by atoms with Crippen LogP contribution >= 0.6 is 15.9 Å². The van der Waals surface area contributed by atoms with Crippen LogP contribution in [0.4, 0.5) is 5.69 Å². The van der Waals surface area contributed by atoms with E-state index in [-0.39, 0.29) is 5.91 Å². The Kier molecular flexibility index (Phi) is 4.72. The molecule has 1 atom stereocenters. The molecule has 3 rings (SSSR count). The Morgan fingerprint density at radius 1 is 1.29 bits per heavy atom. The molecule has 2 fully saturated rings. The fraction of sp³-hybridized carbons (Fsp3) is 0.571. The van der Waals surface area contributed by atoms with Crippen molar-refractivity contribution in [2.45, 2.75) is 6.10 Å². The molecule has 0 aromatic carbocycles. The van der Waals surface area contributed by atoms with Gasteiger partial charge in [0.1, 0.15) is 0 Å². The highest BCUT2D eigenvalue weighted by Gasteiger charge is 2.31. The number of hydrogen-bond acceptors (Lipinski definition) is 5. The molecule has 1 aromatic rings. The topological polar surface area (TPSA) is 54.9 Å². The Hall–Kier alpha value is -1.18. The number of carbonyl (C=O) groups excluding carboxylic acids is 1. The summed E-state index contributed by atoms with van der Waals surface area (Å²) < 4.78 is 11.9. The maximum atomic E-state index is 12.5. The molecule has 1 unspecified atom stereocenters. The number of nitrogens with zero attached hydrogens (tertiary/aromatic N) is 3. The summed E-state index contributed by atoms with van der Waals surface area (Å²) >= 11 is 3.51. The van der Waals surface area contributed by atoms with E-state index in [1.807, 2.05) is 11.0 Å². The molecule has 1 amide bonds. The van der Waals surface area contributed by atoms with Gasteiger partial charge in [-0.3, -0.25) is 9.78 Å². The first-order chi connectivity index (χ1) is 10.3. The summed E-state index contributed by atoms with van der Waals surface area (Å²) in [6.45, 7) is 4.41. The van der Waals surface area contributed by atoms with Gasteiger partial charge in [0.05, 0.1) is 36.5 Å². The first-order valence-corrected chi connectivity index (χ1v) is 7.87. The van der Waals surface area contributed by atoms with Crippen molar-refractivity contribution >= 4 is 27.5 Å². The highest BCUT2D eigenvalue weighted by molar-refractivity contribution is 9.10. The van der Waals surface area contributed by atoms with Crippen molar-refractivity contribution < 1.29 is 14.3 Å². The van der Waals surface area contributed by atoms with Crippen LogP contribution in [0.25, 0.3) is 0 Å². The Bertz CT molecular complexity index is 508. The Morgan fingerprint density at radius 2 is 2.10 bits per heavy atom. The van der Waals surface area contributed by atoms with Crippen molar-refractivity contribution in [3.8, 4) is 0 Å². The standard InChI is InChI=1S/C14H18BrN3O3/c15-11-9-16-2-1-12(11)18-5-8-21-13(10-18)14(19)17-3-6-20-7-4-17/h1-2,9,13H,3-8,10H2. The number of hydrogen-bond donors (Lipinski definition) is 0. The molecule has 0 spiro atoms. The third-order valence-corrected chi connectivity index (χ3v) is 4.37. The molecule has 1 aromatic heterocycles. The Balaban J connectivity index is 1.68. The molecule has 21 heavy (non-hydrogen) atoms. The summed E-state index contributed by atoms with van der Waals surface area (Å²) in [6, 6.07) is 1.95. The summed E-state index contributed by atoms with van der Waals surface area (Å²) in [5.41, 5.74) is 1.05. The molecule has 0 bridgehead atoms. The summed E-state index contributed by atoms with van der Waals surface area (Å²) in [5.74, 6) is 0.0631. The van der Waals surface area contributed by atoms with Crippen LogP contribution in [0.5, 0.6) is 0 Å². The minimum Gasteiger partial charge on any atom is -0.378 e. The number of anilines is 1. The zero-order valence-corrected chi connectivity index (χ0v) is 13.3. The van der Waals surface area contributed by atoms with Crippen LogP contribution in [-0.4, -0.2) is 67.9 Å². The number of morpholine rings is 2. The first-order valence-electron chi connectivity index (χ1n) is 7.08. The first kappa shape index (κ1) is 14.7. The maximum absolute atomic E-state index is 12.5. The number of carbonyl (C=O) groups is 1. The van der Waals surface area contributed by atoms with Crippen LogP contribution in [0.2, 0.25) is 0 Å². The average molecular weight is 356 g/mol. The van der Waals surface area contributed by atoms with Crippen molar-refractivity contribution in [1.82, 2.24) is 9.88 Å². The van der Waals surface area contributed by atoms with Gasteiger partial charge in [-0.25, -0.2) is 0 Å². The lowest BCUT2D eigenvalue weighted by atomic mass is 10.2. The number of halogens is 1. The van der Waals surface area contributed by atoms with Gasteiger partial charge in [-0.1, -0.05) is 0 Å². The summed E-state index contributed by atoms with van der Waals surface area (Å²) in [5, 5.41) is 0. The lowest BCUT2D eigenvalue weighted by Gasteiger charge is -2.37. The Labute approximate surface area is 132 Å². The van der Waals surface area contributed by atoms with Crippen LogP contribution < -0.4 is 4.90 Å². The van der Waals surface area contributed by atoms with Crippen LogP contribution in [0, 0.1) is 0 Å². The zero-order chi connectivity index (χ0) is 14.7. The molecule has 0 aliphatic carbocycles. The van der Waals surface area contributed by atoms with Gasteiger partial charge in [0, 0.05) is 32.0 Å². The van der Waals surface area contributed by atoms with Crippen molar-refractivity contribution in [1.29, 1.82) is 0 Å². The van der Waals surface area contributed by atoms with E-state index in [0.29, 0.717) is 39.5 Å². The van der Waals surface area contributed by atoms with Gasteiger partial charge in [0.2, 0.25) is 0 Å². The molecule has 0 radical (unpaired) electrons. The van der Waals surface area contributed by atoms with Gasteiger partial charge in [-0.05, 0) is 22.0 Å². The molecule has 0 N–H and O–H groups in total. The number of rotatable bonds is 2. The van der Waals surface area contributed by atoms with Crippen molar-refractivity contribution in [2.75, 3.05) is 50.9 Å². The second-order valence-corrected chi connectivity index (χ2v) is 5.92. The zero-order valence-electron chi connectivity index (χ0n) is 11.7. The number of aromatic nitrogens is 1. The fourth-order valence-corrected chi connectivity index (χ4v) is 3.13. The molecule has 6 nitrogen and oxygen atoms in total. The van der Waals surface area contributed by atoms with Crippen molar-refractivity contribution in [3.05, 3.63) is 22.9 Å². The molecule has 0 saturated carbocycles. The second-order valence-electron chi connectivity index (χ2n) is 5.07. The molecule has 7 heteroatoms. The molecule has 2 aliphatic rings. The highest BCUT2D eigenvalue weighted by Crippen LogP contribution is 2.26.